The Morgan fingerprint density at radius 1 is 1.14 bits per heavy atom. The molecule has 0 radical (unpaired) electrons. The van der Waals surface area contributed by atoms with Gasteiger partial charge in [0.1, 0.15) is 26.7 Å². The molecular weight excluding hydrogens is 550 g/mol. The zero-order valence-corrected chi connectivity index (χ0v) is 24.2. The average molecular weight is 582 g/mol. The van der Waals surface area contributed by atoms with Crippen LogP contribution in [0, 0.1) is 6.92 Å². The van der Waals surface area contributed by atoms with E-state index in [9.17, 15) is 9.59 Å². The van der Waals surface area contributed by atoms with E-state index in [4.69, 9.17) is 9.47 Å². The lowest BCUT2D eigenvalue weighted by Crippen LogP contribution is -2.54. The summed E-state index contributed by atoms with van der Waals surface area (Å²) in [7, 11) is 1.61. The molecule has 2 aromatic carbocycles. The van der Waals surface area contributed by atoms with Crippen molar-refractivity contribution in [2.24, 2.45) is 0 Å². The number of piperidine rings is 1. The number of hydrogen-bond acceptors (Lipinski definition) is 6. The molecular formula is C32H31N5O4S. The van der Waals surface area contributed by atoms with Gasteiger partial charge in [0, 0.05) is 32.4 Å². The van der Waals surface area contributed by atoms with Gasteiger partial charge < -0.3 is 24.7 Å². The number of aromatic amines is 1. The van der Waals surface area contributed by atoms with Crippen LogP contribution in [0.4, 0.5) is 0 Å². The number of nitrogens with zero attached hydrogens (tertiary/aromatic N) is 3. The van der Waals surface area contributed by atoms with Gasteiger partial charge in [0.2, 0.25) is 5.91 Å². The lowest BCUT2D eigenvalue weighted by Gasteiger charge is -2.36. The fraction of sp³-hybridized carbons (Fsp3) is 0.219. The van der Waals surface area contributed by atoms with Crippen molar-refractivity contribution in [3.05, 3.63) is 89.4 Å². The Morgan fingerprint density at radius 2 is 1.95 bits per heavy atom. The second kappa shape index (κ2) is 11.3. The molecule has 4 heterocycles. The van der Waals surface area contributed by atoms with Crippen molar-refractivity contribution in [1.82, 2.24) is 24.8 Å². The lowest BCUT2D eigenvalue weighted by atomic mass is 10.0. The second-order valence-corrected chi connectivity index (χ2v) is 11.3. The Hall–Kier alpha value is -4.67. The van der Waals surface area contributed by atoms with Gasteiger partial charge in [0.25, 0.3) is 5.91 Å². The molecule has 5 aromatic rings. The minimum atomic E-state index is -0.271. The van der Waals surface area contributed by atoms with Crippen LogP contribution in [0.5, 0.6) is 11.5 Å². The van der Waals surface area contributed by atoms with E-state index in [1.54, 1.807) is 18.2 Å². The highest BCUT2D eigenvalue weighted by Crippen LogP contribution is 2.34. The third-order valence-electron chi connectivity index (χ3n) is 7.51. The van der Waals surface area contributed by atoms with Crippen LogP contribution in [-0.4, -0.2) is 63.6 Å². The Balaban J connectivity index is 1.34. The summed E-state index contributed by atoms with van der Waals surface area (Å²) in [6.45, 7) is 10.8. The highest BCUT2D eigenvalue weighted by Gasteiger charge is 2.31. The summed E-state index contributed by atoms with van der Waals surface area (Å²) in [4.78, 5) is 36.8. The molecule has 2 amide bonds. The van der Waals surface area contributed by atoms with Crippen LogP contribution in [0.25, 0.3) is 33.5 Å². The van der Waals surface area contributed by atoms with Crippen molar-refractivity contribution in [3.63, 3.8) is 0 Å². The van der Waals surface area contributed by atoms with Crippen LogP contribution < -0.4 is 15.5 Å². The number of thiophene rings is 1. The number of pyridine rings is 1. The van der Waals surface area contributed by atoms with Gasteiger partial charge in [-0.25, -0.2) is 4.98 Å². The molecule has 1 aliphatic heterocycles. The fourth-order valence-electron chi connectivity index (χ4n) is 5.55. The van der Waals surface area contributed by atoms with Crippen LogP contribution in [-0.2, 0) is 9.53 Å². The quantitative estimate of drug-likeness (QED) is 0.267. The maximum Gasteiger partial charge on any atom is 0.263 e. The van der Waals surface area contributed by atoms with Crippen molar-refractivity contribution < 1.29 is 19.1 Å². The van der Waals surface area contributed by atoms with E-state index >= 15 is 0 Å². The maximum absolute atomic E-state index is 13.6. The Morgan fingerprint density at radius 3 is 2.69 bits per heavy atom. The van der Waals surface area contributed by atoms with Gasteiger partial charge in [0.05, 0.1) is 28.2 Å². The first-order valence-corrected chi connectivity index (χ1v) is 14.4. The molecule has 1 aliphatic rings. The van der Waals surface area contributed by atoms with Gasteiger partial charge in [-0.1, -0.05) is 31.4 Å². The molecule has 0 spiro atoms. The Bertz CT molecular complexity index is 1870. The number of aromatic nitrogens is 3. The molecule has 1 saturated heterocycles. The smallest absolute Gasteiger partial charge is 0.263 e. The zero-order chi connectivity index (χ0) is 29.4. The van der Waals surface area contributed by atoms with Crippen LogP contribution in [0.1, 0.15) is 21.7 Å². The number of amides is 2. The second-order valence-electron chi connectivity index (χ2n) is 10.3. The fourth-order valence-corrected chi connectivity index (χ4v) is 6.57. The molecule has 6 rings (SSSR count). The van der Waals surface area contributed by atoms with E-state index < -0.39 is 0 Å². The number of benzene rings is 2. The molecule has 214 valence electrons. The van der Waals surface area contributed by atoms with Crippen LogP contribution >= 0.6 is 11.3 Å². The van der Waals surface area contributed by atoms with E-state index in [-0.39, 0.29) is 24.0 Å². The number of para-hydroxylation sites is 1. The van der Waals surface area contributed by atoms with E-state index in [2.05, 4.69) is 28.4 Å². The molecule has 0 bridgehead atoms. The first-order chi connectivity index (χ1) is 20.4. The number of nitrogens with one attached hydrogen (secondary N) is 2. The number of H-pyrrole nitrogens is 1. The summed E-state index contributed by atoms with van der Waals surface area (Å²) < 4.78 is 13.6. The largest absolute Gasteiger partial charge is 0.457 e. The average Bonchev–Trinajstić information content (AvgIpc) is 3.37. The summed E-state index contributed by atoms with van der Waals surface area (Å²) in [5.74, 6) is 1.08. The van der Waals surface area contributed by atoms with Crippen LogP contribution in [0.2, 0.25) is 0 Å². The summed E-state index contributed by atoms with van der Waals surface area (Å²) >= 11 is 1.32. The van der Waals surface area contributed by atoms with Crippen molar-refractivity contribution in [3.8, 4) is 17.2 Å². The Kier molecular flexibility index (Phi) is 7.40. The minimum Gasteiger partial charge on any atom is -0.457 e. The van der Waals surface area contributed by atoms with E-state index in [0.29, 0.717) is 35.4 Å². The minimum absolute atomic E-state index is 0.179. The van der Waals surface area contributed by atoms with Gasteiger partial charge in [-0.15, -0.1) is 11.3 Å². The van der Waals surface area contributed by atoms with Crippen molar-refractivity contribution >= 4 is 51.0 Å². The van der Waals surface area contributed by atoms with Gasteiger partial charge >= 0.3 is 0 Å². The third-order valence-corrected chi connectivity index (χ3v) is 8.61. The number of methoxy groups -OCH3 is 1. The molecule has 42 heavy (non-hydrogen) atoms. The predicted molar refractivity (Wildman–Crippen MR) is 165 cm³/mol. The Labute approximate surface area is 246 Å². The summed E-state index contributed by atoms with van der Waals surface area (Å²) in [5.41, 5.74) is 4.10. The number of rotatable bonds is 7. The summed E-state index contributed by atoms with van der Waals surface area (Å²) in [5, 5.41) is 3.97. The van der Waals surface area contributed by atoms with Crippen LogP contribution in [0.3, 0.4) is 0 Å². The third kappa shape index (κ3) is 5.10. The van der Waals surface area contributed by atoms with Crippen LogP contribution in [0.15, 0.2) is 73.4 Å². The molecule has 10 heteroatoms. The molecule has 1 unspecified atom stereocenters. The number of carbonyl (C=O) groups is 2. The van der Waals surface area contributed by atoms with Gasteiger partial charge in [0.15, 0.2) is 0 Å². The molecule has 2 atom stereocenters. The highest BCUT2D eigenvalue weighted by atomic mass is 32.1. The number of aryl methyl sites for hydroxylation is 1. The van der Waals surface area contributed by atoms with Gasteiger partial charge in [-0.3, -0.25) is 14.2 Å². The number of carbonyl (C=O) groups excluding carboxylic acids is 2. The monoisotopic (exact) mass is 581 g/mol. The molecule has 9 nitrogen and oxygen atoms in total. The molecule has 3 aromatic heterocycles. The predicted octanol–water partition coefficient (Wildman–Crippen LogP) is 4.89. The van der Waals surface area contributed by atoms with Gasteiger partial charge in [-0.05, 0) is 61.4 Å². The van der Waals surface area contributed by atoms with Gasteiger partial charge in [-0.2, -0.15) is 0 Å². The van der Waals surface area contributed by atoms with Crippen molar-refractivity contribution in [1.29, 1.82) is 0 Å². The molecule has 0 saturated carbocycles. The van der Waals surface area contributed by atoms with E-state index in [0.717, 1.165) is 38.5 Å². The van der Waals surface area contributed by atoms with Crippen molar-refractivity contribution in [2.45, 2.75) is 25.5 Å². The number of hydrogen-bond donors (Lipinski definition) is 2. The normalized spacial score (nSPS) is 17.0. The maximum atomic E-state index is 13.6. The number of ether oxygens (including phenoxy) is 2. The zero-order valence-electron chi connectivity index (χ0n) is 23.4. The first kappa shape index (κ1) is 27.5. The molecule has 2 N–H and O–H groups in total. The SMILES string of the molecule is C=CC(=O)N1CC(OC)C[C@@H](NC(=O)c2sc3nccc4c3c2[nH]c(=C)n4-c2ccc(Oc3ccccc3)cc2C)C1. The summed E-state index contributed by atoms with van der Waals surface area (Å²) in [6, 6.07) is 17.2. The topological polar surface area (TPSA) is 101 Å². The lowest BCUT2D eigenvalue weighted by molar-refractivity contribution is -0.130. The van der Waals surface area contributed by atoms with Crippen molar-refractivity contribution in [2.75, 3.05) is 20.2 Å². The molecule has 1 fully saturated rings. The standard InChI is InChI=1S/C32H31N5O4S/c1-5-27(38)36-17-21(16-24(18-36)40-4)35-31(39)30-29-28-26(13-14-33-32(28)42-30)37(20(3)34-29)25-12-11-23(15-19(25)2)41-22-9-7-6-8-10-22/h5-15,21,24,34H,1,3,16-18H2,2,4H3,(H,35,39)/t21-,24?/m1/s1. The van der Waals surface area contributed by atoms with E-state index in [1.807, 2.05) is 66.1 Å². The first-order valence-electron chi connectivity index (χ1n) is 13.6. The van der Waals surface area contributed by atoms with E-state index in [1.165, 1.54) is 17.4 Å². The number of likely N-dealkylation sites (tertiary alicyclic amines) is 1. The molecule has 0 aliphatic carbocycles. The summed E-state index contributed by atoms with van der Waals surface area (Å²) in [6.07, 6.45) is 3.45. The highest BCUT2D eigenvalue weighted by molar-refractivity contribution is 7.21.